The van der Waals surface area contributed by atoms with Crippen molar-refractivity contribution in [1.29, 1.82) is 0 Å². The number of hydrogen-bond acceptors (Lipinski definition) is 4. The molecule has 0 saturated carbocycles. The summed E-state index contributed by atoms with van der Waals surface area (Å²) in [5.41, 5.74) is 5.69. The van der Waals surface area contributed by atoms with Crippen LogP contribution in [0.2, 0.25) is 5.02 Å². The van der Waals surface area contributed by atoms with Crippen LogP contribution < -0.4 is 0 Å². The van der Waals surface area contributed by atoms with Crippen molar-refractivity contribution in [3.63, 3.8) is 0 Å². The molecule has 6 heteroatoms. The summed E-state index contributed by atoms with van der Waals surface area (Å²) in [6, 6.07) is 15.6. The molecular weight excluding hydrogens is 336 g/mol. The van der Waals surface area contributed by atoms with E-state index in [4.69, 9.17) is 16.1 Å². The van der Waals surface area contributed by atoms with Crippen molar-refractivity contribution < 1.29 is 4.52 Å². The lowest BCUT2D eigenvalue weighted by atomic mass is 10.0. The van der Waals surface area contributed by atoms with E-state index in [0.717, 1.165) is 16.8 Å². The minimum Gasteiger partial charge on any atom is -0.332 e. The number of aromatic amines is 1. The van der Waals surface area contributed by atoms with Crippen LogP contribution in [-0.2, 0) is 0 Å². The Morgan fingerprint density at radius 3 is 2.64 bits per heavy atom. The third-order valence-electron chi connectivity index (χ3n) is 4.01. The summed E-state index contributed by atoms with van der Waals surface area (Å²) in [6.45, 7) is 4.14. The second-order valence-corrected chi connectivity index (χ2v) is 6.30. The van der Waals surface area contributed by atoms with E-state index in [1.54, 1.807) is 6.07 Å². The van der Waals surface area contributed by atoms with Crippen LogP contribution in [0, 0.1) is 13.8 Å². The minimum atomic E-state index is 0.374. The lowest BCUT2D eigenvalue weighted by molar-refractivity contribution is 0.431. The summed E-state index contributed by atoms with van der Waals surface area (Å²) in [7, 11) is 0. The van der Waals surface area contributed by atoms with Crippen LogP contribution in [0.3, 0.4) is 0 Å². The maximum atomic E-state index is 6.19. The van der Waals surface area contributed by atoms with E-state index in [9.17, 15) is 0 Å². The fourth-order valence-electron chi connectivity index (χ4n) is 2.76. The molecular formula is C19H15ClN4O. The average Bonchev–Trinajstić information content (AvgIpc) is 3.24. The molecule has 0 saturated heterocycles. The second kappa shape index (κ2) is 6.18. The van der Waals surface area contributed by atoms with Crippen molar-refractivity contribution in [1.82, 2.24) is 20.3 Å². The van der Waals surface area contributed by atoms with Crippen molar-refractivity contribution in [2.45, 2.75) is 13.8 Å². The molecule has 2 heterocycles. The molecule has 0 atom stereocenters. The molecule has 4 rings (SSSR count). The quantitative estimate of drug-likeness (QED) is 0.560. The molecule has 2 aromatic heterocycles. The SMILES string of the molecule is Cc1ccc(-c2cc(-c3nc(-c4ccccc4Cl)no3)[nH]n2)c(C)c1. The van der Waals surface area contributed by atoms with E-state index in [1.807, 2.05) is 24.3 Å². The molecule has 4 aromatic rings. The Kier molecular flexibility index (Phi) is 3.86. The Morgan fingerprint density at radius 2 is 1.84 bits per heavy atom. The van der Waals surface area contributed by atoms with Gasteiger partial charge in [-0.05, 0) is 37.6 Å². The first kappa shape index (κ1) is 15.6. The molecule has 0 spiro atoms. The normalized spacial score (nSPS) is 11.0. The van der Waals surface area contributed by atoms with Gasteiger partial charge in [-0.25, -0.2) is 0 Å². The first-order chi connectivity index (χ1) is 12.1. The molecule has 2 aromatic carbocycles. The average molecular weight is 351 g/mol. The largest absolute Gasteiger partial charge is 0.332 e. The van der Waals surface area contributed by atoms with Gasteiger partial charge in [0.2, 0.25) is 5.82 Å². The zero-order valence-electron chi connectivity index (χ0n) is 13.7. The number of hydrogen-bond donors (Lipinski definition) is 1. The Bertz CT molecular complexity index is 1050. The van der Waals surface area contributed by atoms with Crippen molar-refractivity contribution >= 4 is 11.6 Å². The number of benzene rings is 2. The van der Waals surface area contributed by atoms with Crippen molar-refractivity contribution in [3.05, 3.63) is 64.7 Å². The van der Waals surface area contributed by atoms with Gasteiger partial charge in [0.05, 0.1) is 10.7 Å². The topological polar surface area (TPSA) is 67.6 Å². The highest BCUT2D eigenvalue weighted by atomic mass is 35.5. The molecule has 0 aliphatic heterocycles. The number of nitrogens with one attached hydrogen (secondary N) is 1. The molecule has 25 heavy (non-hydrogen) atoms. The number of aryl methyl sites for hydroxylation is 2. The van der Waals surface area contributed by atoms with Crippen LogP contribution in [0.15, 0.2) is 53.1 Å². The third-order valence-corrected chi connectivity index (χ3v) is 4.34. The predicted molar refractivity (Wildman–Crippen MR) is 97.2 cm³/mol. The molecule has 1 N–H and O–H groups in total. The summed E-state index contributed by atoms with van der Waals surface area (Å²) in [6.07, 6.45) is 0. The number of nitrogens with zero attached hydrogens (tertiary/aromatic N) is 3. The van der Waals surface area contributed by atoms with E-state index in [-0.39, 0.29) is 0 Å². The van der Waals surface area contributed by atoms with Gasteiger partial charge in [-0.15, -0.1) is 0 Å². The van der Waals surface area contributed by atoms with E-state index in [2.05, 4.69) is 52.4 Å². The Morgan fingerprint density at radius 1 is 1.00 bits per heavy atom. The van der Waals surface area contributed by atoms with Crippen molar-refractivity contribution in [2.75, 3.05) is 0 Å². The fraction of sp³-hybridized carbons (Fsp3) is 0.105. The van der Waals surface area contributed by atoms with Gasteiger partial charge in [-0.2, -0.15) is 10.1 Å². The molecule has 0 aliphatic rings. The van der Waals surface area contributed by atoms with Gasteiger partial charge in [0.1, 0.15) is 5.69 Å². The Balaban J connectivity index is 1.68. The van der Waals surface area contributed by atoms with Crippen LogP contribution in [0.5, 0.6) is 0 Å². The van der Waals surface area contributed by atoms with Gasteiger partial charge < -0.3 is 4.52 Å². The molecule has 0 amide bonds. The minimum absolute atomic E-state index is 0.374. The van der Waals surface area contributed by atoms with Gasteiger partial charge in [-0.1, -0.05) is 52.7 Å². The highest BCUT2D eigenvalue weighted by molar-refractivity contribution is 6.33. The molecule has 124 valence electrons. The van der Waals surface area contributed by atoms with Crippen LogP contribution in [0.1, 0.15) is 11.1 Å². The van der Waals surface area contributed by atoms with Crippen LogP contribution in [0.4, 0.5) is 0 Å². The number of rotatable bonds is 3. The first-order valence-corrected chi connectivity index (χ1v) is 8.21. The summed E-state index contributed by atoms with van der Waals surface area (Å²) in [5.74, 6) is 0.821. The third kappa shape index (κ3) is 2.94. The fourth-order valence-corrected chi connectivity index (χ4v) is 2.98. The molecule has 0 unspecified atom stereocenters. The smallest absolute Gasteiger partial charge is 0.276 e. The first-order valence-electron chi connectivity index (χ1n) is 7.84. The van der Waals surface area contributed by atoms with Crippen LogP contribution in [0.25, 0.3) is 34.2 Å². The van der Waals surface area contributed by atoms with Gasteiger partial charge in [0, 0.05) is 11.1 Å². The highest BCUT2D eigenvalue weighted by Crippen LogP contribution is 2.29. The number of aromatic nitrogens is 4. The van der Waals surface area contributed by atoms with Crippen LogP contribution >= 0.6 is 11.6 Å². The van der Waals surface area contributed by atoms with E-state index in [0.29, 0.717) is 22.4 Å². The Labute approximate surface area is 149 Å². The monoisotopic (exact) mass is 350 g/mol. The highest BCUT2D eigenvalue weighted by Gasteiger charge is 2.16. The van der Waals surface area contributed by atoms with Gasteiger partial charge >= 0.3 is 0 Å². The summed E-state index contributed by atoms with van der Waals surface area (Å²) in [4.78, 5) is 4.42. The van der Waals surface area contributed by atoms with E-state index in [1.165, 1.54) is 11.1 Å². The zero-order chi connectivity index (χ0) is 17.4. The lowest BCUT2D eigenvalue weighted by Gasteiger charge is -2.02. The Hall–Kier alpha value is -2.92. The van der Waals surface area contributed by atoms with Gasteiger partial charge in [0.15, 0.2) is 0 Å². The molecule has 0 bridgehead atoms. The maximum absolute atomic E-state index is 6.19. The van der Waals surface area contributed by atoms with Gasteiger partial charge in [-0.3, -0.25) is 5.10 Å². The van der Waals surface area contributed by atoms with E-state index < -0.39 is 0 Å². The lowest BCUT2D eigenvalue weighted by Crippen LogP contribution is -1.84. The zero-order valence-corrected chi connectivity index (χ0v) is 14.5. The molecule has 0 radical (unpaired) electrons. The number of halogens is 1. The van der Waals surface area contributed by atoms with Gasteiger partial charge in [0.25, 0.3) is 5.89 Å². The molecule has 0 fully saturated rings. The van der Waals surface area contributed by atoms with Crippen molar-refractivity contribution in [3.8, 4) is 34.2 Å². The predicted octanol–water partition coefficient (Wildman–Crippen LogP) is 5.06. The molecule has 0 aliphatic carbocycles. The molecule has 5 nitrogen and oxygen atoms in total. The van der Waals surface area contributed by atoms with E-state index >= 15 is 0 Å². The standard InChI is InChI=1S/C19H15ClN4O/c1-11-7-8-13(12(2)9-11)16-10-17(23-22-16)19-21-18(24-25-19)14-5-3-4-6-15(14)20/h3-10H,1-2H3,(H,22,23). The van der Waals surface area contributed by atoms with Crippen molar-refractivity contribution in [2.24, 2.45) is 0 Å². The second-order valence-electron chi connectivity index (χ2n) is 5.89. The van der Waals surface area contributed by atoms with Crippen LogP contribution in [-0.4, -0.2) is 20.3 Å². The summed E-state index contributed by atoms with van der Waals surface area (Å²) in [5, 5.41) is 11.9. The number of H-pyrrole nitrogens is 1. The maximum Gasteiger partial charge on any atom is 0.276 e. The summed E-state index contributed by atoms with van der Waals surface area (Å²) >= 11 is 6.19. The summed E-state index contributed by atoms with van der Waals surface area (Å²) < 4.78 is 5.37.